The second-order valence-electron chi connectivity index (χ2n) is 5.33. The van der Waals surface area contributed by atoms with E-state index in [1.54, 1.807) is 6.92 Å². The first-order valence-electron chi connectivity index (χ1n) is 6.02. The van der Waals surface area contributed by atoms with Crippen LogP contribution in [0.3, 0.4) is 0 Å². The number of hydrogen-bond acceptors (Lipinski definition) is 1. The van der Waals surface area contributed by atoms with Gasteiger partial charge < -0.3 is 4.90 Å². The lowest BCUT2D eigenvalue weighted by molar-refractivity contribution is 0.221. The molecule has 1 fully saturated rings. The van der Waals surface area contributed by atoms with Crippen molar-refractivity contribution in [3.8, 4) is 0 Å². The van der Waals surface area contributed by atoms with E-state index in [-0.39, 0.29) is 7.43 Å². The van der Waals surface area contributed by atoms with Crippen molar-refractivity contribution in [2.45, 2.75) is 46.2 Å². The molecule has 1 aliphatic rings. The Bertz CT molecular complexity index is 354. The fraction of sp³-hybridized carbons (Fsp3) is 0.600. The van der Waals surface area contributed by atoms with Gasteiger partial charge in [-0.25, -0.2) is 4.39 Å². The lowest BCUT2D eigenvalue weighted by Crippen LogP contribution is -2.25. The molecule has 96 valence electrons. The van der Waals surface area contributed by atoms with Gasteiger partial charge in [0.15, 0.2) is 0 Å². The van der Waals surface area contributed by atoms with Gasteiger partial charge in [-0.05, 0) is 30.5 Å². The van der Waals surface area contributed by atoms with E-state index in [0.717, 1.165) is 12.2 Å². The molecule has 0 bridgehead atoms. The standard InChI is InChI=1S/C14H20FN.CH4/c1-11(2)12-4-6-13(7-5-12)16-9-8-14(3,15)10-16;/h4-7,11H,8-10H2,1-3H3;1H4. The van der Waals surface area contributed by atoms with Crippen LogP contribution in [0.5, 0.6) is 0 Å². The highest BCUT2D eigenvalue weighted by molar-refractivity contribution is 5.49. The average Bonchev–Trinajstić information content (AvgIpc) is 2.59. The molecular weight excluding hydrogens is 213 g/mol. The fourth-order valence-electron chi connectivity index (χ4n) is 2.21. The largest absolute Gasteiger partial charge is 0.368 e. The van der Waals surface area contributed by atoms with Crippen LogP contribution in [-0.2, 0) is 0 Å². The van der Waals surface area contributed by atoms with Crippen LogP contribution in [0.4, 0.5) is 10.1 Å². The molecule has 0 amide bonds. The van der Waals surface area contributed by atoms with Crippen molar-refractivity contribution in [1.82, 2.24) is 0 Å². The molecule has 1 nitrogen and oxygen atoms in total. The number of anilines is 1. The van der Waals surface area contributed by atoms with Crippen LogP contribution in [-0.4, -0.2) is 18.8 Å². The Morgan fingerprint density at radius 3 is 2.24 bits per heavy atom. The van der Waals surface area contributed by atoms with Gasteiger partial charge in [-0.1, -0.05) is 33.4 Å². The topological polar surface area (TPSA) is 3.24 Å². The first-order chi connectivity index (χ1) is 7.48. The molecule has 1 aromatic rings. The van der Waals surface area contributed by atoms with Gasteiger partial charge in [-0.15, -0.1) is 0 Å². The molecule has 2 heteroatoms. The number of alkyl halides is 1. The maximum Gasteiger partial charge on any atom is 0.127 e. The van der Waals surface area contributed by atoms with Gasteiger partial charge in [-0.2, -0.15) is 0 Å². The number of nitrogens with zero attached hydrogens (tertiary/aromatic N) is 1. The maximum atomic E-state index is 13.7. The summed E-state index contributed by atoms with van der Waals surface area (Å²) in [6, 6.07) is 8.51. The average molecular weight is 237 g/mol. The van der Waals surface area contributed by atoms with Crippen LogP contribution in [0.15, 0.2) is 24.3 Å². The lowest BCUT2D eigenvalue weighted by atomic mass is 10.0. The number of hydrogen-bond donors (Lipinski definition) is 0. The van der Waals surface area contributed by atoms with E-state index >= 15 is 0 Å². The van der Waals surface area contributed by atoms with Crippen molar-refractivity contribution in [1.29, 1.82) is 0 Å². The van der Waals surface area contributed by atoms with Crippen LogP contribution in [0.1, 0.15) is 46.1 Å². The van der Waals surface area contributed by atoms with Gasteiger partial charge in [0.2, 0.25) is 0 Å². The summed E-state index contributed by atoms with van der Waals surface area (Å²) in [4.78, 5) is 2.13. The predicted molar refractivity (Wildman–Crippen MR) is 73.6 cm³/mol. The summed E-state index contributed by atoms with van der Waals surface area (Å²) >= 11 is 0. The number of benzene rings is 1. The zero-order valence-corrected chi connectivity index (χ0v) is 10.3. The maximum absolute atomic E-state index is 13.7. The first kappa shape index (κ1) is 14.0. The molecule has 1 aliphatic heterocycles. The van der Waals surface area contributed by atoms with Crippen molar-refractivity contribution in [3.05, 3.63) is 29.8 Å². The van der Waals surface area contributed by atoms with Crippen LogP contribution in [0.2, 0.25) is 0 Å². The Morgan fingerprint density at radius 1 is 1.24 bits per heavy atom. The van der Waals surface area contributed by atoms with Crippen LogP contribution in [0.25, 0.3) is 0 Å². The van der Waals surface area contributed by atoms with E-state index in [9.17, 15) is 4.39 Å². The second kappa shape index (κ2) is 5.07. The Kier molecular flexibility index (Phi) is 4.18. The minimum absolute atomic E-state index is 0. The summed E-state index contributed by atoms with van der Waals surface area (Å²) in [5.74, 6) is 0.555. The quantitative estimate of drug-likeness (QED) is 0.737. The van der Waals surface area contributed by atoms with Crippen molar-refractivity contribution in [2.75, 3.05) is 18.0 Å². The Hall–Kier alpha value is -1.05. The van der Waals surface area contributed by atoms with Crippen LogP contribution < -0.4 is 4.90 Å². The van der Waals surface area contributed by atoms with E-state index in [0.29, 0.717) is 18.9 Å². The highest BCUT2D eigenvalue weighted by Gasteiger charge is 2.33. The third-order valence-corrected chi connectivity index (χ3v) is 3.35. The molecule has 0 aliphatic carbocycles. The molecule has 1 aromatic carbocycles. The molecule has 1 unspecified atom stereocenters. The Labute approximate surface area is 105 Å². The SMILES string of the molecule is C.CC(C)c1ccc(N2CCC(C)(F)C2)cc1. The van der Waals surface area contributed by atoms with Gasteiger partial charge in [0.05, 0.1) is 6.54 Å². The normalized spacial score (nSPS) is 23.9. The molecule has 0 N–H and O–H groups in total. The van der Waals surface area contributed by atoms with E-state index in [1.807, 2.05) is 0 Å². The van der Waals surface area contributed by atoms with Crippen molar-refractivity contribution in [3.63, 3.8) is 0 Å². The van der Waals surface area contributed by atoms with Gasteiger partial charge >= 0.3 is 0 Å². The van der Waals surface area contributed by atoms with Crippen molar-refractivity contribution in [2.24, 2.45) is 0 Å². The monoisotopic (exact) mass is 237 g/mol. The lowest BCUT2D eigenvalue weighted by Gasteiger charge is -2.20. The van der Waals surface area contributed by atoms with E-state index in [1.165, 1.54) is 5.56 Å². The Balaban J connectivity index is 0.00000144. The zero-order valence-electron chi connectivity index (χ0n) is 10.3. The minimum Gasteiger partial charge on any atom is -0.368 e. The highest BCUT2D eigenvalue weighted by Crippen LogP contribution is 2.29. The van der Waals surface area contributed by atoms with Gasteiger partial charge in [-0.3, -0.25) is 0 Å². The minimum atomic E-state index is -1.02. The summed E-state index contributed by atoms with van der Waals surface area (Å²) < 4.78 is 13.7. The van der Waals surface area contributed by atoms with E-state index in [4.69, 9.17) is 0 Å². The van der Waals surface area contributed by atoms with Crippen molar-refractivity contribution < 1.29 is 4.39 Å². The summed E-state index contributed by atoms with van der Waals surface area (Å²) in [6.07, 6.45) is 0.638. The molecule has 1 saturated heterocycles. The summed E-state index contributed by atoms with van der Waals surface area (Å²) in [6.45, 7) is 7.41. The Morgan fingerprint density at radius 2 is 1.82 bits per heavy atom. The third-order valence-electron chi connectivity index (χ3n) is 3.35. The molecule has 1 atom stereocenters. The molecular formula is C15H24FN. The van der Waals surface area contributed by atoms with E-state index < -0.39 is 5.67 Å². The smallest absolute Gasteiger partial charge is 0.127 e. The molecule has 0 aromatic heterocycles. The molecule has 1 heterocycles. The van der Waals surface area contributed by atoms with Gasteiger partial charge in [0.25, 0.3) is 0 Å². The summed E-state index contributed by atoms with van der Waals surface area (Å²) in [5.41, 5.74) is 1.47. The van der Waals surface area contributed by atoms with Gasteiger partial charge in [0, 0.05) is 18.7 Å². The number of halogens is 1. The van der Waals surface area contributed by atoms with Crippen molar-refractivity contribution >= 4 is 5.69 Å². The van der Waals surface area contributed by atoms with Crippen LogP contribution in [0, 0.1) is 0 Å². The first-order valence-corrected chi connectivity index (χ1v) is 6.02. The summed E-state index contributed by atoms with van der Waals surface area (Å²) in [5, 5.41) is 0. The molecule has 0 saturated carbocycles. The summed E-state index contributed by atoms with van der Waals surface area (Å²) in [7, 11) is 0. The fourth-order valence-corrected chi connectivity index (χ4v) is 2.21. The van der Waals surface area contributed by atoms with E-state index in [2.05, 4.69) is 43.0 Å². The third kappa shape index (κ3) is 3.21. The molecule has 17 heavy (non-hydrogen) atoms. The highest BCUT2D eigenvalue weighted by atomic mass is 19.1. The second-order valence-corrected chi connectivity index (χ2v) is 5.33. The number of rotatable bonds is 2. The van der Waals surface area contributed by atoms with Gasteiger partial charge in [0.1, 0.15) is 5.67 Å². The zero-order chi connectivity index (χ0) is 11.8. The predicted octanol–water partition coefficient (Wildman–Crippen LogP) is 4.38. The molecule has 0 spiro atoms. The van der Waals surface area contributed by atoms with Crippen LogP contribution >= 0.6 is 0 Å². The molecule has 0 radical (unpaired) electrons. The molecule has 2 rings (SSSR count).